The highest BCUT2D eigenvalue weighted by molar-refractivity contribution is 5.69. The summed E-state index contributed by atoms with van der Waals surface area (Å²) in [6.07, 6.45) is 1.71. The van der Waals surface area contributed by atoms with Gasteiger partial charge in [0.15, 0.2) is 0 Å². The molecule has 1 fully saturated rings. The molecule has 1 aliphatic rings. The maximum absolute atomic E-state index is 12.4. The highest BCUT2D eigenvalue weighted by atomic mass is 16.6. The van der Waals surface area contributed by atoms with Crippen molar-refractivity contribution in [1.82, 2.24) is 4.90 Å². The summed E-state index contributed by atoms with van der Waals surface area (Å²) < 4.78 is 5.50. The van der Waals surface area contributed by atoms with Gasteiger partial charge in [0.05, 0.1) is 6.04 Å². The third-order valence-corrected chi connectivity index (χ3v) is 3.43. The molecule has 110 valence electrons. The molecule has 0 aromatic carbocycles. The smallest absolute Gasteiger partial charge is 0.410 e. The molecule has 1 aliphatic heterocycles. The first-order valence-electron chi connectivity index (χ1n) is 6.93. The number of nitrogens with two attached hydrogens (primary N) is 1. The first-order chi connectivity index (χ1) is 8.56. The number of carbonyl (C=O) groups excluding carboxylic acids is 1. The molecule has 0 saturated carbocycles. The molecule has 19 heavy (non-hydrogen) atoms. The van der Waals surface area contributed by atoms with Gasteiger partial charge in [0.1, 0.15) is 5.60 Å². The average Bonchev–Trinajstić information content (AvgIpc) is 2.24. The predicted molar refractivity (Wildman–Crippen MR) is 77.9 cm³/mol. The van der Waals surface area contributed by atoms with Gasteiger partial charge in [-0.2, -0.15) is 0 Å². The molecule has 1 atom stereocenters. The Hall–Kier alpha value is -1.03. The number of likely N-dealkylation sites (tertiary alicyclic amines) is 1. The normalized spacial score (nSPS) is 23.1. The Labute approximate surface area is 117 Å². The van der Waals surface area contributed by atoms with E-state index < -0.39 is 5.60 Å². The average molecular weight is 268 g/mol. The van der Waals surface area contributed by atoms with E-state index >= 15 is 0 Å². The molecule has 2 N–H and O–H groups in total. The minimum Gasteiger partial charge on any atom is -0.444 e. The second-order valence-corrected chi connectivity index (χ2v) is 7.19. The van der Waals surface area contributed by atoms with Crippen LogP contribution in [0.25, 0.3) is 0 Å². The molecule has 0 bridgehead atoms. The van der Waals surface area contributed by atoms with E-state index in [2.05, 4.69) is 20.4 Å². The lowest BCUT2D eigenvalue weighted by atomic mass is 9.80. The largest absolute Gasteiger partial charge is 0.444 e. The SMILES string of the molecule is C=C(CN)C1CCC(C)(C)CN1C(=O)OC(C)(C)C. The molecular weight excluding hydrogens is 240 g/mol. The zero-order valence-corrected chi connectivity index (χ0v) is 13.0. The van der Waals surface area contributed by atoms with Crippen LogP contribution in [0.15, 0.2) is 12.2 Å². The van der Waals surface area contributed by atoms with Crippen molar-refractivity contribution in [2.75, 3.05) is 13.1 Å². The van der Waals surface area contributed by atoms with Gasteiger partial charge >= 0.3 is 6.09 Å². The van der Waals surface area contributed by atoms with E-state index in [9.17, 15) is 4.79 Å². The quantitative estimate of drug-likeness (QED) is 0.783. The molecule has 4 nitrogen and oxygen atoms in total. The van der Waals surface area contributed by atoms with Crippen molar-refractivity contribution < 1.29 is 9.53 Å². The summed E-state index contributed by atoms with van der Waals surface area (Å²) >= 11 is 0. The van der Waals surface area contributed by atoms with Gasteiger partial charge in [-0.1, -0.05) is 20.4 Å². The Balaban J connectivity index is 2.88. The molecule has 1 rings (SSSR count). The molecule has 1 saturated heterocycles. The third kappa shape index (κ3) is 4.53. The van der Waals surface area contributed by atoms with E-state index in [0.717, 1.165) is 18.4 Å². The fourth-order valence-electron chi connectivity index (χ4n) is 2.41. The topological polar surface area (TPSA) is 55.6 Å². The number of amides is 1. The summed E-state index contributed by atoms with van der Waals surface area (Å²) in [5.74, 6) is 0. The zero-order valence-electron chi connectivity index (χ0n) is 13.0. The lowest BCUT2D eigenvalue weighted by Gasteiger charge is -2.44. The summed E-state index contributed by atoms with van der Waals surface area (Å²) in [4.78, 5) is 14.1. The van der Waals surface area contributed by atoms with E-state index in [1.54, 1.807) is 4.90 Å². The number of carbonyl (C=O) groups is 1. The summed E-state index contributed by atoms with van der Waals surface area (Å²) in [5.41, 5.74) is 6.22. The zero-order chi connectivity index (χ0) is 14.8. The number of nitrogens with zero attached hydrogens (tertiary/aromatic N) is 1. The number of hydrogen-bond acceptors (Lipinski definition) is 3. The van der Waals surface area contributed by atoms with Crippen LogP contribution in [0.5, 0.6) is 0 Å². The van der Waals surface area contributed by atoms with Gasteiger partial charge in [0.25, 0.3) is 0 Å². The van der Waals surface area contributed by atoms with Crippen LogP contribution in [0.1, 0.15) is 47.5 Å². The van der Waals surface area contributed by atoms with Crippen LogP contribution in [0.3, 0.4) is 0 Å². The van der Waals surface area contributed by atoms with Gasteiger partial charge in [-0.25, -0.2) is 4.79 Å². The number of piperidine rings is 1. The summed E-state index contributed by atoms with van der Waals surface area (Å²) in [6.45, 7) is 15.1. The molecule has 4 heteroatoms. The summed E-state index contributed by atoms with van der Waals surface area (Å²) in [7, 11) is 0. The van der Waals surface area contributed by atoms with Crippen LogP contribution in [-0.2, 0) is 4.74 Å². The van der Waals surface area contributed by atoms with Crippen molar-refractivity contribution in [3.8, 4) is 0 Å². The first kappa shape index (κ1) is 16.0. The van der Waals surface area contributed by atoms with Crippen LogP contribution >= 0.6 is 0 Å². The van der Waals surface area contributed by atoms with Gasteiger partial charge in [-0.05, 0) is 44.6 Å². The van der Waals surface area contributed by atoms with E-state index in [-0.39, 0.29) is 17.6 Å². The fourth-order valence-corrected chi connectivity index (χ4v) is 2.41. The molecule has 0 radical (unpaired) electrons. The third-order valence-electron chi connectivity index (χ3n) is 3.43. The van der Waals surface area contributed by atoms with Crippen molar-refractivity contribution in [2.24, 2.45) is 11.1 Å². The van der Waals surface area contributed by atoms with Crippen molar-refractivity contribution in [3.63, 3.8) is 0 Å². The monoisotopic (exact) mass is 268 g/mol. The maximum atomic E-state index is 12.4. The van der Waals surface area contributed by atoms with Crippen molar-refractivity contribution in [3.05, 3.63) is 12.2 Å². The van der Waals surface area contributed by atoms with E-state index in [1.165, 1.54) is 0 Å². The second kappa shape index (κ2) is 5.53. The van der Waals surface area contributed by atoms with Crippen LogP contribution in [0, 0.1) is 5.41 Å². The minimum atomic E-state index is -0.479. The second-order valence-electron chi connectivity index (χ2n) is 7.19. The van der Waals surface area contributed by atoms with Gasteiger partial charge in [-0.15, -0.1) is 0 Å². The van der Waals surface area contributed by atoms with Gasteiger partial charge < -0.3 is 15.4 Å². The predicted octanol–water partition coefficient (Wildman–Crippen LogP) is 2.93. The lowest BCUT2D eigenvalue weighted by Crippen LogP contribution is -2.52. The molecule has 0 aliphatic carbocycles. The minimum absolute atomic E-state index is 0.00729. The number of hydrogen-bond donors (Lipinski definition) is 1. The molecule has 1 heterocycles. The van der Waals surface area contributed by atoms with Crippen molar-refractivity contribution in [1.29, 1.82) is 0 Å². The van der Waals surface area contributed by atoms with Crippen LogP contribution in [0.4, 0.5) is 4.79 Å². The van der Waals surface area contributed by atoms with Crippen LogP contribution < -0.4 is 5.73 Å². The van der Waals surface area contributed by atoms with Crippen LogP contribution in [0.2, 0.25) is 0 Å². The summed E-state index contributed by atoms with van der Waals surface area (Å²) in [5, 5.41) is 0. The lowest BCUT2D eigenvalue weighted by molar-refractivity contribution is -0.00203. The molecular formula is C15H28N2O2. The molecule has 0 aromatic heterocycles. The fraction of sp³-hybridized carbons (Fsp3) is 0.800. The Morgan fingerprint density at radius 1 is 1.47 bits per heavy atom. The summed E-state index contributed by atoms with van der Waals surface area (Å²) in [6, 6.07) is 0.00729. The van der Waals surface area contributed by atoms with Crippen molar-refractivity contribution in [2.45, 2.75) is 59.1 Å². The van der Waals surface area contributed by atoms with Gasteiger partial charge in [-0.3, -0.25) is 0 Å². The standard InChI is InChI=1S/C15H28N2O2/c1-11(9-16)12-7-8-15(5,6)10-17(12)13(18)19-14(2,3)4/h12H,1,7-10,16H2,2-6H3. The highest BCUT2D eigenvalue weighted by Crippen LogP contribution is 2.34. The van der Waals surface area contributed by atoms with E-state index in [0.29, 0.717) is 13.1 Å². The van der Waals surface area contributed by atoms with Crippen LogP contribution in [-0.4, -0.2) is 35.7 Å². The molecule has 1 amide bonds. The van der Waals surface area contributed by atoms with E-state index in [1.807, 2.05) is 20.8 Å². The highest BCUT2D eigenvalue weighted by Gasteiger charge is 2.38. The van der Waals surface area contributed by atoms with Gasteiger partial charge in [0, 0.05) is 13.1 Å². The molecule has 1 unspecified atom stereocenters. The van der Waals surface area contributed by atoms with Crippen molar-refractivity contribution >= 4 is 6.09 Å². The number of ether oxygens (including phenoxy) is 1. The molecule has 0 spiro atoms. The number of rotatable bonds is 2. The maximum Gasteiger partial charge on any atom is 0.410 e. The Bertz CT molecular complexity index is 356. The van der Waals surface area contributed by atoms with Gasteiger partial charge in [0.2, 0.25) is 0 Å². The molecule has 0 aromatic rings. The first-order valence-corrected chi connectivity index (χ1v) is 6.93. The Kier molecular flexibility index (Phi) is 4.67. The Morgan fingerprint density at radius 3 is 2.53 bits per heavy atom. The van der Waals surface area contributed by atoms with E-state index in [4.69, 9.17) is 10.5 Å². The Morgan fingerprint density at radius 2 is 2.05 bits per heavy atom.